The van der Waals surface area contributed by atoms with Crippen LogP contribution in [-0.2, 0) is 0 Å². The summed E-state index contributed by atoms with van der Waals surface area (Å²) in [5, 5.41) is 17.8. The fourth-order valence-electron chi connectivity index (χ4n) is 1.95. The summed E-state index contributed by atoms with van der Waals surface area (Å²) in [6.07, 6.45) is 0. The first kappa shape index (κ1) is 11.9. The van der Waals surface area contributed by atoms with Gasteiger partial charge in [-0.1, -0.05) is 31.2 Å². The molecule has 0 spiro atoms. The highest BCUT2D eigenvalue weighted by Gasteiger charge is 2.09. The van der Waals surface area contributed by atoms with Crippen LogP contribution in [0.4, 0.5) is 0 Å². The molecule has 0 saturated heterocycles. The minimum Gasteiger partial charge on any atom is -0.192 e. The van der Waals surface area contributed by atoms with Gasteiger partial charge in [0, 0.05) is 5.92 Å². The zero-order valence-electron chi connectivity index (χ0n) is 10.1. The normalized spacial score (nSPS) is 9.78. The Kier molecular flexibility index (Phi) is 3.41. The third-order valence-electron chi connectivity index (χ3n) is 3.03. The predicted molar refractivity (Wildman–Crippen MR) is 69.8 cm³/mol. The van der Waals surface area contributed by atoms with Gasteiger partial charge in [-0.3, -0.25) is 0 Å². The fraction of sp³-hybridized carbons (Fsp3) is 0.125. The summed E-state index contributed by atoms with van der Waals surface area (Å²) < 4.78 is 0. The van der Waals surface area contributed by atoms with Crippen LogP contribution in [0.3, 0.4) is 0 Å². The highest BCUT2D eigenvalue weighted by Crippen LogP contribution is 2.25. The molecule has 2 heteroatoms. The van der Waals surface area contributed by atoms with E-state index in [1.807, 2.05) is 36.4 Å². The molecule has 0 saturated carbocycles. The topological polar surface area (TPSA) is 47.6 Å². The lowest BCUT2D eigenvalue weighted by atomic mass is 9.91. The molecule has 86 valence electrons. The maximum Gasteiger partial charge on any atom is 0.0991 e. The van der Waals surface area contributed by atoms with Crippen LogP contribution in [0.15, 0.2) is 48.5 Å². The van der Waals surface area contributed by atoms with Crippen LogP contribution >= 0.6 is 0 Å². The first-order valence-corrected chi connectivity index (χ1v) is 5.74. The van der Waals surface area contributed by atoms with Gasteiger partial charge in [-0.05, 0) is 35.4 Å². The van der Waals surface area contributed by atoms with Crippen LogP contribution in [0, 0.1) is 22.7 Å². The van der Waals surface area contributed by atoms with Crippen molar-refractivity contribution in [3.63, 3.8) is 0 Å². The zero-order valence-corrected chi connectivity index (χ0v) is 10.1. The minimum absolute atomic E-state index is 0.173. The van der Waals surface area contributed by atoms with Gasteiger partial charge in [0.2, 0.25) is 0 Å². The van der Waals surface area contributed by atoms with Crippen molar-refractivity contribution in [2.75, 3.05) is 0 Å². The van der Waals surface area contributed by atoms with E-state index in [4.69, 9.17) is 10.5 Å². The van der Waals surface area contributed by atoms with Crippen LogP contribution in [-0.4, -0.2) is 0 Å². The maximum absolute atomic E-state index is 8.90. The van der Waals surface area contributed by atoms with E-state index in [2.05, 4.69) is 19.1 Å². The molecule has 0 aliphatic carbocycles. The number of rotatable bonds is 2. The first-order chi connectivity index (χ1) is 8.74. The second-order valence-electron chi connectivity index (χ2n) is 4.20. The Morgan fingerprint density at radius 2 is 1.28 bits per heavy atom. The Bertz CT molecular complexity index is 587. The lowest BCUT2D eigenvalue weighted by Gasteiger charge is -2.12. The van der Waals surface area contributed by atoms with Crippen LogP contribution in [0.25, 0.3) is 0 Å². The average Bonchev–Trinajstić information content (AvgIpc) is 2.46. The Balaban J connectivity index is 2.38. The highest BCUT2D eigenvalue weighted by molar-refractivity contribution is 5.41. The molecular formula is C16H12N2. The molecule has 0 fully saturated rings. The second-order valence-corrected chi connectivity index (χ2v) is 4.20. The smallest absolute Gasteiger partial charge is 0.0991 e. The van der Waals surface area contributed by atoms with Gasteiger partial charge in [-0.2, -0.15) is 10.5 Å². The molecule has 0 heterocycles. The number of hydrogen-bond acceptors (Lipinski definition) is 2. The van der Waals surface area contributed by atoms with Crippen molar-refractivity contribution in [1.29, 1.82) is 10.5 Å². The van der Waals surface area contributed by atoms with E-state index in [-0.39, 0.29) is 5.92 Å². The van der Waals surface area contributed by atoms with Crippen molar-refractivity contribution in [1.82, 2.24) is 0 Å². The summed E-state index contributed by atoms with van der Waals surface area (Å²) in [6.45, 7) is 2.08. The number of benzene rings is 2. The van der Waals surface area contributed by atoms with Crippen molar-refractivity contribution in [2.45, 2.75) is 12.8 Å². The van der Waals surface area contributed by atoms with Gasteiger partial charge in [0.25, 0.3) is 0 Å². The van der Waals surface area contributed by atoms with Gasteiger partial charge in [0.1, 0.15) is 0 Å². The van der Waals surface area contributed by atoms with E-state index in [1.54, 1.807) is 12.1 Å². The van der Waals surface area contributed by atoms with Crippen molar-refractivity contribution in [3.05, 3.63) is 70.8 Å². The molecule has 0 radical (unpaired) electrons. The second kappa shape index (κ2) is 5.17. The number of hydrogen-bond donors (Lipinski definition) is 0. The van der Waals surface area contributed by atoms with Crippen molar-refractivity contribution >= 4 is 0 Å². The molecule has 0 bridgehead atoms. The van der Waals surface area contributed by atoms with Gasteiger partial charge in [0.15, 0.2) is 0 Å². The van der Waals surface area contributed by atoms with Gasteiger partial charge in [-0.25, -0.2) is 0 Å². The zero-order chi connectivity index (χ0) is 13.0. The van der Waals surface area contributed by atoms with Crippen molar-refractivity contribution in [2.24, 2.45) is 0 Å². The summed E-state index contributed by atoms with van der Waals surface area (Å²) in [6, 6.07) is 19.4. The molecule has 2 aromatic rings. The summed E-state index contributed by atoms with van der Waals surface area (Å²) in [5.41, 5.74) is 3.50. The van der Waals surface area contributed by atoms with E-state index in [9.17, 15) is 0 Å². The molecule has 0 amide bonds. The number of nitrogens with zero attached hydrogens (tertiary/aromatic N) is 2. The molecule has 0 aromatic heterocycles. The van der Waals surface area contributed by atoms with Crippen molar-refractivity contribution in [3.8, 4) is 12.1 Å². The summed E-state index contributed by atoms with van der Waals surface area (Å²) >= 11 is 0. The van der Waals surface area contributed by atoms with E-state index >= 15 is 0 Å². The minimum atomic E-state index is 0.173. The SMILES string of the molecule is CC(c1cccc(C#N)c1)c1cccc(C#N)c1. The molecule has 0 aliphatic rings. The Morgan fingerprint density at radius 3 is 1.67 bits per heavy atom. The van der Waals surface area contributed by atoms with Crippen molar-refractivity contribution < 1.29 is 0 Å². The monoisotopic (exact) mass is 232 g/mol. The molecule has 2 rings (SSSR count). The fourth-order valence-corrected chi connectivity index (χ4v) is 1.95. The summed E-state index contributed by atoms with van der Waals surface area (Å²) in [7, 11) is 0. The third kappa shape index (κ3) is 2.39. The van der Waals surface area contributed by atoms with E-state index in [1.165, 1.54) is 0 Å². The van der Waals surface area contributed by atoms with Gasteiger partial charge in [-0.15, -0.1) is 0 Å². The van der Waals surface area contributed by atoms with Crippen LogP contribution < -0.4 is 0 Å². The summed E-state index contributed by atoms with van der Waals surface area (Å²) in [4.78, 5) is 0. The molecule has 2 nitrogen and oxygen atoms in total. The van der Waals surface area contributed by atoms with E-state index in [0.29, 0.717) is 11.1 Å². The Labute approximate surface area is 107 Å². The molecule has 2 aromatic carbocycles. The predicted octanol–water partition coefficient (Wildman–Crippen LogP) is 3.58. The summed E-state index contributed by atoms with van der Waals surface area (Å²) in [5.74, 6) is 0.173. The molecule has 0 N–H and O–H groups in total. The maximum atomic E-state index is 8.90. The Morgan fingerprint density at radius 1 is 0.833 bits per heavy atom. The lowest BCUT2D eigenvalue weighted by Crippen LogP contribution is -1.97. The van der Waals surface area contributed by atoms with Crippen LogP contribution in [0.2, 0.25) is 0 Å². The third-order valence-corrected chi connectivity index (χ3v) is 3.03. The van der Waals surface area contributed by atoms with Gasteiger partial charge >= 0.3 is 0 Å². The van der Waals surface area contributed by atoms with E-state index < -0.39 is 0 Å². The molecule has 0 atom stereocenters. The average molecular weight is 232 g/mol. The highest BCUT2D eigenvalue weighted by atomic mass is 14.2. The number of nitriles is 2. The largest absolute Gasteiger partial charge is 0.192 e. The standard InChI is InChI=1S/C16H12N2/c1-12(15-6-2-4-13(8-15)10-17)16-7-3-5-14(9-16)11-18/h2-9,12H,1H3. The van der Waals surface area contributed by atoms with Gasteiger partial charge < -0.3 is 0 Å². The van der Waals surface area contributed by atoms with Crippen LogP contribution in [0.5, 0.6) is 0 Å². The first-order valence-electron chi connectivity index (χ1n) is 5.74. The molecule has 0 unspecified atom stereocenters. The Hall–Kier alpha value is -2.58. The van der Waals surface area contributed by atoms with E-state index in [0.717, 1.165) is 11.1 Å². The molecular weight excluding hydrogens is 220 g/mol. The van der Waals surface area contributed by atoms with Crippen LogP contribution in [0.1, 0.15) is 35.1 Å². The van der Waals surface area contributed by atoms with Gasteiger partial charge in [0.05, 0.1) is 23.3 Å². The molecule has 18 heavy (non-hydrogen) atoms. The quantitative estimate of drug-likeness (QED) is 0.794. The lowest BCUT2D eigenvalue weighted by molar-refractivity contribution is 0.920. The molecule has 0 aliphatic heterocycles.